The summed E-state index contributed by atoms with van der Waals surface area (Å²) in [7, 11) is 3.57. The van der Waals surface area contributed by atoms with Gasteiger partial charge in [0.15, 0.2) is 0 Å². The van der Waals surface area contributed by atoms with Crippen LogP contribution in [0.25, 0.3) is 0 Å². The van der Waals surface area contributed by atoms with Crippen molar-refractivity contribution in [3.8, 4) is 5.75 Å². The summed E-state index contributed by atoms with van der Waals surface area (Å²) in [6, 6.07) is 7.50. The first kappa shape index (κ1) is 19.4. The molecule has 4 rings (SSSR count). The molecule has 0 aromatic heterocycles. The second-order valence-corrected chi connectivity index (χ2v) is 7.66. The molecule has 6 nitrogen and oxygen atoms in total. The van der Waals surface area contributed by atoms with Crippen molar-refractivity contribution in [3.63, 3.8) is 0 Å². The zero-order chi connectivity index (χ0) is 19.4. The molecule has 0 spiro atoms. The third-order valence-corrected chi connectivity index (χ3v) is 5.36. The van der Waals surface area contributed by atoms with Crippen LogP contribution in [0, 0.1) is 5.92 Å². The van der Waals surface area contributed by atoms with Crippen molar-refractivity contribution < 1.29 is 14.3 Å². The molecule has 0 saturated carbocycles. The molecule has 1 aromatic rings. The van der Waals surface area contributed by atoms with Crippen LogP contribution in [-0.4, -0.2) is 79.4 Å². The van der Waals surface area contributed by atoms with Gasteiger partial charge in [0.2, 0.25) is 5.91 Å². The first-order valence-electron chi connectivity index (χ1n) is 9.55. The van der Waals surface area contributed by atoms with Gasteiger partial charge in [0.1, 0.15) is 12.4 Å². The maximum Gasteiger partial charge on any atom is 0.254 e. The Hall–Kier alpha value is -2.34. The molecule has 27 heavy (non-hydrogen) atoms. The van der Waals surface area contributed by atoms with E-state index in [4.69, 9.17) is 4.74 Å². The number of carbonyl (C=O) groups is 2. The number of ether oxygens (including phenoxy) is 1. The average molecular weight is 371 g/mol. The standard InChI is InChI=1S/C21H29N3O3/c1-4-10-27-19-7-5-6-17(11-19)21(26)24-13-16-8-9-18(24)14-23(12-16)15-20(25)22(2)3/h4-7,11,16,18H,1,8-10,12-15H2,2-3H3. The highest BCUT2D eigenvalue weighted by Gasteiger charge is 2.38. The van der Waals surface area contributed by atoms with Crippen LogP contribution in [0.5, 0.6) is 5.75 Å². The van der Waals surface area contributed by atoms with Gasteiger partial charge in [-0.15, -0.1) is 0 Å². The van der Waals surface area contributed by atoms with Gasteiger partial charge in [0.05, 0.1) is 6.54 Å². The topological polar surface area (TPSA) is 53.1 Å². The van der Waals surface area contributed by atoms with E-state index in [0.29, 0.717) is 30.4 Å². The second-order valence-electron chi connectivity index (χ2n) is 7.66. The highest BCUT2D eigenvalue weighted by atomic mass is 16.5. The molecule has 3 saturated heterocycles. The third kappa shape index (κ3) is 4.69. The molecule has 3 aliphatic heterocycles. The summed E-state index contributed by atoms with van der Waals surface area (Å²) in [5.74, 6) is 1.26. The molecule has 146 valence electrons. The maximum absolute atomic E-state index is 13.2. The largest absolute Gasteiger partial charge is 0.490 e. The molecule has 2 amide bonds. The fraction of sp³-hybridized carbons (Fsp3) is 0.524. The lowest BCUT2D eigenvalue weighted by molar-refractivity contribution is -0.129. The van der Waals surface area contributed by atoms with Crippen LogP contribution in [0.1, 0.15) is 23.2 Å². The van der Waals surface area contributed by atoms with Crippen molar-refractivity contribution in [2.45, 2.75) is 18.9 Å². The number of amides is 2. The van der Waals surface area contributed by atoms with Crippen molar-refractivity contribution in [3.05, 3.63) is 42.5 Å². The summed E-state index contributed by atoms with van der Waals surface area (Å²) in [5.41, 5.74) is 0.653. The lowest BCUT2D eigenvalue weighted by Gasteiger charge is -2.36. The number of benzene rings is 1. The zero-order valence-electron chi connectivity index (χ0n) is 16.3. The van der Waals surface area contributed by atoms with E-state index in [-0.39, 0.29) is 17.9 Å². The zero-order valence-corrected chi connectivity index (χ0v) is 16.3. The van der Waals surface area contributed by atoms with Gasteiger partial charge in [-0.05, 0) is 37.0 Å². The molecular weight excluding hydrogens is 342 g/mol. The molecule has 6 heteroatoms. The molecule has 1 aromatic carbocycles. The number of hydrogen-bond acceptors (Lipinski definition) is 4. The lowest BCUT2D eigenvalue weighted by Crippen LogP contribution is -2.47. The minimum atomic E-state index is 0.0505. The molecule has 2 bridgehead atoms. The predicted octanol–water partition coefficient (Wildman–Crippen LogP) is 1.88. The van der Waals surface area contributed by atoms with Gasteiger partial charge in [-0.2, -0.15) is 0 Å². The van der Waals surface area contributed by atoms with Crippen LogP contribution < -0.4 is 4.74 Å². The van der Waals surface area contributed by atoms with Crippen molar-refractivity contribution >= 4 is 11.8 Å². The Labute approximate surface area is 161 Å². The van der Waals surface area contributed by atoms with Crippen LogP contribution in [0.15, 0.2) is 36.9 Å². The first-order valence-corrected chi connectivity index (χ1v) is 9.55. The van der Waals surface area contributed by atoms with Crippen molar-refractivity contribution in [1.29, 1.82) is 0 Å². The van der Waals surface area contributed by atoms with Crippen LogP contribution >= 0.6 is 0 Å². The minimum Gasteiger partial charge on any atom is -0.490 e. The fourth-order valence-corrected chi connectivity index (χ4v) is 3.93. The number of likely N-dealkylation sites (N-methyl/N-ethyl adjacent to an activating group) is 1. The van der Waals surface area contributed by atoms with Crippen LogP contribution in [0.3, 0.4) is 0 Å². The van der Waals surface area contributed by atoms with E-state index in [1.807, 2.05) is 23.1 Å². The van der Waals surface area contributed by atoms with E-state index >= 15 is 0 Å². The number of piperidine rings is 1. The van der Waals surface area contributed by atoms with Gasteiger partial charge in [0, 0.05) is 45.3 Å². The van der Waals surface area contributed by atoms with E-state index in [0.717, 1.165) is 32.5 Å². The fourth-order valence-electron chi connectivity index (χ4n) is 3.93. The second kappa shape index (κ2) is 8.57. The number of carbonyl (C=O) groups excluding carboxylic acids is 2. The molecule has 0 N–H and O–H groups in total. The van der Waals surface area contributed by atoms with Gasteiger partial charge >= 0.3 is 0 Å². The molecule has 3 fully saturated rings. The third-order valence-electron chi connectivity index (χ3n) is 5.36. The van der Waals surface area contributed by atoms with E-state index < -0.39 is 0 Å². The van der Waals surface area contributed by atoms with Gasteiger partial charge < -0.3 is 14.5 Å². The molecular formula is C21H29N3O3. The SMILES string of the molecule is C=CCOc1cccc(C(=O)N2CC3CCC2CN(CC(=O)N(C)C)C3)c1. The van der Waals surface area contributed by atoms with E-state index in [2.05, 4.69) is 11.5 Å². The quantitative estimate of drug-likeness (QED) is 0.717. The molecule has 3 heterocycles. The molecule has 2 atom stereocenters. The summed E-state index contributed by atoms with van der Waals surface area (Å²) in [4.78, 5) is 31.1. The summed E-state index contributed by atoms with van der Waals surface area (Å²) in [6.07, 6.45) is 3.80. The Morgan fingerprint density at radius 3 is 2.81 bits per heavy atom. The highest BCUT2D eigenvalue weighted by molar-refractivity contribution is 5.95. The van der Waals surface area contributed by atoms with Gasteiger partial charge in [-0.3, -0.25) is 14.5 Å². The average Bonchev–Trinajstić information content (AvgIpc) is 2.96. The van der Waals surface area contributed by atoms with Crippen LogP contribution in [0.4, 0.5) is 0 Å². The normalized spacial score (nSPS) is 22.2. The van der Waals surface area contributed by atoms with Gasteiger partial charge in [0.25, 0.3) is 5.91 Å². The molecule has 0 radical (unpaired) electrons. The summed E-state index contributed by atoms with van der Waals surface area (Å²) < 4.78 is 5.56. The molecule has 2 unspecified atom stereocenters. The smallest absolute Gasteiger partial charge is 0.254 e. The van der Waals surface area contributed by atoms with E-state index in [1.54, 1.807) is 31.1 Å². The summed E-state index contributed by atoms with van der Waals surface area (Å²) >= 11 is 0. The van der Waals surface area contributed by atoms with Crippen LogP contribution in [0.2, 0.25) is 0 Å². The number of hydrogen-bond donors (Lipinski definition) is 0. The monoisotopic (exact) mass is 371 g/mol. The maximum atomic E-state index is 13.2. The van der Waals surface area contributed by atoms with Crippen molar-refractivity contribution in [2.24, 2.45) is 5.92 Å². The first-order chi connectivity index (χ1) is 13.0. The minimum absolute atomic E-state index is 0.0505. The Kier molecular flexibility index (Phi) is 6.16. The number of fused-ring (bicyclic) bond motifs is 4. The Morgan fingerprint density at radius 2 is 2.07 bits per heavy atom. The summed E-state index contributed by atoms with van der Waals surface area (Å²) in [5, 5.41) is 0. The van der Waals surface area contributed by atoms with Crippen LogP contribution in [-0.2, 0) is 4.79 Å². The van der Waals surface area contributed by atoms with Gasteiger partial charge in [-0.25, -0.2) is 0 Å². The molecule has 3 aliphatic rings. The Bertz CT molecular complexity index is 704. The molecule has 0 aliphatic carbocycles. The Morgan fingerprint density at radius 1 is 1.26 bits per heavy atom. The predicted molar refractivity (Wildman–Crippen MR) is 105 cm³/mol. The van der Waals surface area contributed by atoms with E-state index in [9.17, 15) is 9.59 Å². The van der Waals surface area contributed by atoms with E-state index in [1.165, 1.54) is 0 Å². The van der Waals surface area contributed by atoms with Crippen molar-refractivity contribution in [1.82, 2.24) is 14.7 Å². The lowest BCUT2D eigenvalue weighted by atomic mass is 9.94. The van der Waals surface area contributed by atoms with Gasteiger partial charge in [-0.1, -0.05) is 18.7 Å². The highest BCUT2D eigenvalue weighted by Crippen LogP contribution is 2.29. The van der Waals surface area contributed by atoms with Crippen molar-refractivity contribution in [2.75, 3.05) is 46.9 Å². The number of nitrogens with zero attached hydrogens (tertiary/aromatic N) is 3. The Balaban J connectivity index is 1.71. The summed E-state index contributed by atoms with van der Waals surface area (Å²) in [6.45, 7) is 6.88. The number of rotatable bonds is 6.